The molecule has 0 atom stereocenters. The largest absolute Gasteiger partial charge is 0.0879 e. The van der Waals surface area contributed by atoms with E-state index in [0.717, 1.165) is 19.3 Å². The second-order valence-electron chi connectivity index (χ2n) is 3.10. The van der Waals surface area contributed by atoms with Gasteiger partial charge < -0.3 is 0 Å². The third-order valence-electron chi connectivity index (χ3n) is 1.88. The first-order valence-electron chi connectivity index (χ1n) is 5.13. The first-order chi connectivity index (χ1) is 7.00. The molecule has 0 fully saturated rings. The van der Waals surface area contributed by atoms with Gasteiger partial charge in [0.1, 0.15) is 0 Å². The van der Waals surface area contributed by atoms with Crippen molar-refractivity contribution in [3.63, 3.8) is 0 Å². The van der Waals surface area contributed by atoms with E-state index in [-0.39, 0.29) is 0 Å². The van der Waals surface area contributed by atoms with Gasteiger partial charge >= 0.3 is 0 Å². The quantitative estimate of drug-likeness (QED) is 0.497. The van der Waals surface area contributed by atoms with Crippen molar-refractivity contribution in [3.05, 3.63) is 67.2 Å². The number of hydrogen-bond donors (Lipinski definition) is 0. The molecule has 1 rings (SSSR count). The van der Waals surface area contributed by atoms with Gasteiger partial charge in [-0.2, -0.15) is 0 Å². The van der Waals surface area contributed by atoms with Gasteiger partial charge in [0, 0.05) is 6.42 Å². The lowest BCUT2D eigenvalue weighted by Crippen LogP contribution is -1.66. The predicted molar refractivity (Wildman–Crippen MR) is 63.9 cm³/mol. The van der Waals surface area contributed by atoms with Crippen LogP contribution in [0.25, 0.3) is 0 Å². The summed E-state index contributed by atoms with van der Waals surface area (Å²) < 4.78 is 0. The first kappa shape index (κ1) is 10.8. The molecule has 1 aliphatic carbocycles. The Hall–Kier alpha value is -1.30. The fourth-order valence-corrected chi connectivity index (χ4v) is 1.14. The lowest BCUT2D eigenvalue weighted by Gasteiger charge is -1.87. The average Bonchev–Trinajstić information content (AvgIpc) is 2.22. The molecule has 1 radical (unpaired) electrons. The van der Waals surface area contributed by atoms with Crippen LogP contribution < -0.4 is 0 Å². The lowest BCUT2D eigenvalue weighted by atomic mass is 10.2. The van der Waals surface area contributed by atoms with Crippen molar-refractivity contribution in [1.29, 1.82) is 0 Å². The normalized spacial score (nSPS) is 29.7. The molecule has 0 heterocycles. The monoisotopic (exact) mass is 185 g/mol. The predicted octanol–water partition coefficient (Wildman–Crippen LogP) is 4.16. The Kier molecular flexibility index (Phi) is 6.39. The molecule has 0 heteroatoms. The second-order valence-corrected chi connectivity index (χ2v) is 3.10. The second kappa shape index (κ2) is 8.31. The minimum Gasteiger partial charge on any atom is -0.0879 e. The van der Waals surface area contributed by atoms with Crippen LogP contribution >= 0.6 is 0 Å². The van der Waals surface area contributed by atoms with E-state index in [1.807, 2.05) is 24.6 Å². The fraction of sp³-hybridized carbons (Fsp3) is 0.214. The SMILES string of the molecule is [CH]1/C=C\C=C\CC/C=C\C/C=C/C=C/1. The van der Waals surface area contributed by atoms with Crippen LogP contribution in [0.2, 0.25) is 0 Å². The average molecular weight is 185 g/mol. The molecule has 0 unspecified atom stereocenters. The molecule has 0 bridgehead atoms. The van der Waals surface area contributed by atoms with Crippen molar-refractivity contribution in [2.45, 2.75) is 19.3 Å². The zero-order valence-electron chi connectivity index (χ0n) is 8.47. The highest BCUT2D eigenvalue weighted by atomic mass is 13.8. The summed E-state index contributed by atoms with van der Waals surface area (Å²) in [5.74, 6) is 0. The van der Waals surface area contributed by atoms with Crippen molar-refractivity contribution in [2.75, 3.05) is 0 Å². The van der Waals surface area contributed by atoms with Gasteiger partial charge in [-0.15, -0.1) is 0 Å². The molecule has 0 aromatic rings. The Morgan fingerprint density at radius 1 is 0.500 bits per heavy atom. The van der Waals surface area contributed by atoms with E-state index in [9.17, 15) is 0 Å². The first-order valence-corrected chi connectivity index (χ1v) is 5.13. The standard InChI is InChI=1S/C14H17/c1-2-4-6-8-10-12-14-13-11-9-7-5-3-1/h1-9,12,14H,10-11,13H2/b4-2+,5-3-,8-6+,9-7+,14-12-. The van der Waals surface area contributed by atoms with Gasteiger partial charge in [0.05, 0.1) is 0 Å². The molecule has 0 saturated heterocycles. The summed E-state index contributed by atoms with van der Waals surface area (Å²) in [7, 11) is 0. The van der Waals surface area contributed by atoms with Gasteiger partial charge in [0.25, 0.3) is 0 Å². The van der Waals surface area contributed by atoms with Crippen LogP contribution in [0, 0.1) is 6.42 Å². The van der Waals surface area contributed by atoms with Crippen molar-refractivity contribution in [2.24, 2.45) is 0 Å². The minimum absolute atomic E-state index is 1.03. The van der Waals surface area contributed by atoms with Crippen molar-refractivity contribution in [3.8, 4) is 0 Å². The van der Waals surface area contributed by atoms with Gasteiger partial charge in [0.15, 0.2) is 0 Å². The topological polar surface area (TPSA) is 0 Å². The summed E-state index contributed by atoms with van der Waals surface area (Å²) in [5.41, 5.74) is 0. The molecule has 0 N–H and O–H groups in total. The maximum Gasteiger partial charge on any atom is 0.00506 e. The van der Waals surface area contributed by atoms with E-state index in [4.69, 9.17) is 0 Å². The van der Waals surface area contributed by atoms with Gasteiger partial charge in [-0.1, -0.05) is 60.8 Å². The number of allylic oxidation sites excluding steroid dienone is 10. The van der Waals surface area contributed by atoms with Crippen LogP contribution in [-0.2, 0) is 0 Å². The Morgan fingerprint density at radius 3 is 2.07 bits per heavy atom. The highest BCUT2D eigenvalue weighted by Crippen LogP contribution is 1.97. The summed E-state index contributed by atoms with van der Waals surface area (Å²) in [6.45, 7) is 0. The molecular weight excluding hydrogens is 168 g/mol. The van der Waals surface area contributed by atoms with E-state index in [0.29, 0.717) is 0 Å². The number of hydrogen-bond acceptors (Lipinski definition) is 0. The Balaban J connectivity index is 2.45. The summed E-state index contributed by atoms with van der Waals surface area (Å²) in [6, 6.07) is 0. The molecule has 0 amide bonds. The minimum atomic E-state index is 1.03. The van der Waals surface area contributed by atoms with Gasteiger partial charge in [-0.05, 0) is 19.3 Å². The smallest absolute Gasteiger partial charge is 0.00506 e. The highest BCUT2D eigenvalue weighted by molar-refractivity contribution is 5.17. The Bertz CT molecular complexity index is 262. The summed E-state index contributed by atoms with van der Waals surface area (Å²) >= 11 is 0. The van der Waals surface area contributed by atoms with E-state index >= 15 is 0 Å². The van der Waals surface area contributed by atoms with Crippen LogP contribution in [0.15, 0.2) is 60.8 Å². The molecule has 0 nitrogen and oxygen atoms in total. The molecule has 0 aliphatic heterocycles. The van der Waals surface area contributed by atoms with Crippen LogP contribution in [0.3, 0.4) is 0 Å². The van der Waals surface area contributed by atoms with Crippen molar-refractivity contribution in [1.82, 2.24) is 0 Å². The molecular formula is C14H17. The Morgan fingerprint density at radius 2 is 1.21 bits per heavy atom. The van der Waals surface area contributed by atoms with Gasteiger partial charge in [-0.25, -0.2) is 0 Å². The van der Waals surface area contributed by atoms with Crippen LogP contribution in [0.4, 0.5) is 0 Å². The van der Waals surface area contributed by atoms with Crippen molar-refractivity contribution >= 4 is 0 Å². The van der Waals surface area contributed by atoms with Crippen LogP contribution in [-0.4, -0.2) is 0 Å². The summed E-state index contributed by atoms with van der Waals surface area (Å²) in [5, 5.41) is 0. The highest BCUT2D eigenvalue weighted by Gasteiger charge is 1.77. The number of rotatable bonds is 0. The fourth-order valence-electron chi connectivity index (χ4n) is 1.14. The molecule has 0 spiro atoms. The van der Waals surface area contributed by atoms with E-state index < -0.39 is 0 Å². The van der Waals surface area contributed by atoms with Crippen LogP contribution in [0.1, 0.15) is 19.3 Å². The van der Waals surface area contributed by atoms with Crippen molar-refractivity contribution < 1.29 is 0 Å². The molecule has 14 heavy (non-hydrogen) atoms. The zero-order chi connectivity index (χ0) is 9.90. The lowest BCUT2D eigenvalue weighted by molar-refractivity contribution is 1.04. The summed E-state index contributed by atoms with van der Waals surface area (Å²) in [4.78, 5) is 0. The third-order valence-corrected chi connectivity index (χ3v) is 1.88. The molecule has 0 aromatic heterocycles. The third kappa shape index (κ3) is 6.24. The molecule has 0 saturated carbocycles. The van der Waals surface area contributed by atoms with Crippen LogP contribution in [0.5, 0.6) is 0 Å². The van der Waals surface area contributed by atoms with Gasteiger partial charge in [-0.3, -0.25) is 0 Å². The van der Waals surface area contributed by atoms with Gasteiger partial charge in [0.2, 0.25) is 0 Å². The molecule has 0 aromatic carbocycles. The molecule has 73 valence electrons. The maximum absolute atomic E-state index is 2.24. The van der Waals surface area contributed by atoms with E-state index in [1.165, 1.54) is 0 Å². The zero-order valence-corrected chi connectivity index (χ0v) is 8.47. The van der Waals surface area contributed by atoms with E-state index in [2.05, 4.69) is 42.5 Å². The van der Waals surface area contributed by atoms with E-state index in [1.54, 1.807) is 0 Å². The Labute approximate surface area is 87.0 Å². The molecule has 1 aliphatic rings. The maximum atomic E-state index is 2.24. The summed E-state index contributed by atoms with van der Waals surface area (Å²) in [6.07, 6.45) is 26.5.